The molecule has 0 atom stereocenters. The Hall–Kier alpha value is -1.36. The predicted molar refractivity (Wildman–Crippen MR) is 49.6 cm³/mol. The standard InChI is InChI=1S/C9H14N2O3/c1-9(2,3)14-8(12)7-6(4-10)13-5-11-7/h5H,4,10H2,1-3H3. The Kier molecular flexibility index (Phi) is 2.90. The number of aromatic nitrogens is 1. The van der Waals surface area contributed by atoms with E-state index in [4.69, 9.17) is 14.9 Å². The van der Waals surface area contributed by atoms with E-state index in [0.717, 1.165) is 0 Å². The van der Waals surface area contributed by atoms with E-state index in [-0.39, 0.29) is 12.2 Å². The topological polar surface area (TPSA) is 78.3 Å². The molecule has 0 spiro atoms. The average molecular weight is 198 g/mol. The minimum absolute atomic E-state index is 0.134. The van der Waals surface area contributed by atoms with Crippen molar-refractivity contribution >= 4 is 5.97 Å². The lowest BCUT2D eigenvalue weighted by molar-refractivity contribution is 0.00613. The predicted octanol–water partition coefficient (Wildman–Crippen LogP) is 1.09. The van der Waals surface area contributed by atoms with Gasteiger partial charge in [0.25, 0.3) is 0 Å². The summed E-state index contributed by atoms with van der Waals surface area (Å²) in [7, 11) is 0. The van der Waals surface area contributed by atoms with Gasteiger partial charge in [-0.15, -0.1) is 0 Å². The van der Waals surface area contributed by atoms with Gasteiger partial charge in [0.2, 0.25) is 0 Å². The van der Waals surface area contributed by atoms with E-state index in [1.807, 2.05) is 0 Å². The molecule has 5 heteroatoms. The number of rotatable bonds is 2. The Bertz CT molecular complexity index is 325. The monoisotopic (exact) mass is 198 g/mol. The van der Waals surface area contributed by atoms with Gasteiger partial charge in [-0.05, 0) is 20.8 Å². The van der Waals surface area contributed by atoms with Crippen molar-refractivity contribution in [3.8, 4) is 0 Å². The molecule has 1 aromatic rings. The first kappa shape index (κ1) is 10.7. The Morgan fingerprint density at radius 1 is 1.64 bits per heavy atom. The second-order valence-electron chi connectivity index (χ2n) is 3.83. The molecule has 0 fully saturated rings. The van der Waals surface area contributed by atoms with Crippen molar-refractivity contribution in [2.45, 2.75) is 32.9 Å². The fraction of sp³-hybridized carbons (Fsp3) is 0.556. The number of carbonyl (C=O) groups is 1. The summed E-state index contributed by atoms with van der Waals surface area (Å²) in [6.07, 6.45) is 1.18. The van der Waals surface area contributed by atoms with Crippen molar-refractivity contribution < 1.29 is 13.9 Å². The van der Waals surface area contributed by atoms with Crippen LogP contribution in [0.5, 0.6) is 0 Å². The summed E-state index contributed by atoms with van der Waals surface area (Å²) in [5.74, 6) is -0.161. The highest BCUT2D eigenvalue weighted by Crippen LogP contribution is 2.13. The fourth-order valence-electron chi connectivity index (χ4n) is 0.908. The molecular formula is C9H14N2O3. The molecule has 14 heavy (non-hydrogen) atoms. The Balaban J connectivity index is 2.80. The molecule has 0 aromatic carbocycles. The zero-order chi connectivity index (χ0) is 10.8. The molecule has 0 aliphatic heterocycles. The summed E-state index contributed by atoms with van der Waals surface area (Å²) >= 11 is 0. The van der Waals surface area contributed by atoms with Gasteiger partial charge in [-0.25, -0.2) is 9.78 Å². The van der Waals surface area contributed by atoms with Gasteiger partial charge in [-0.1, -0.05) is 0 Å². The van der Waals surface area contributed by atoms with Crippen LogP contribution in [0, 0.1) is 0 Å². The fourth-order valence-corrected chi connectivity index (χ4v) is 0.908. The molecule has 5 nitrogen and oxygen atoms in total. The van der Waals surface area contributed by atoms with Crippen LogP contribution in [-0.2, 0) is 11.3 Å². The molecule has 0 unspecified atom stereocenters. The average Bonchev–Trinajstić information content (AvgIpc) is 2.47. The Morgan fingerprint density at radius 3 is 2.79 bits per heavy atom. The molecule has 1 rings (SSSR count). The summed E-state index contributed by atoms with van der Waals surface area (Å²) in [6.45, 7) is 5.49. The van der Waals surface area contributed by atoms with E-state index in [2.05, 4.69) is 4.98 Å². The number of nitrogens with two attached hydrogens (primary N) is 1. The van der Waals surface area contributed by atoms with Gasteiger partial charge in [-0.2, -0.15) is 0 Å². The van der Waals surface area contributed by atoms with E-state index < -0.39 is 11.6 Å². The number of ether oxygens (including phenoxy) is 1. The summed E-state index contributed by atoms with van der Waals surface area (Å²) in [4.78, 5) is 15.3. The number of hydrogen-bond donors (Lipinski definition) is 1. The van der Waals surface area contributed by atoms with Crippen molar-refractivity contribution in [2.24, 2.45) is 5.73 Å². The lowest BCUT2D eigenvalue weighted by Gasteiger charge is -2.18. The van der Waals surface area contributed by atoms with Gasteiger partial charge in [0.15, 0.2) is 17.8 Å². The second kappa shape index (κ2) is 3.79. The first-order chi connectivity index (χ1) is 6.44. The summed E-state index contributed by atoms with van der Waals surface area (Å²) in [6, 6.07) is 0. The SMILES string of the molecule is CC(C)(C)OC(=O)c1ncoc1CN. The third-order valence-corrected chi connectivity index (χ3v) is 1.42. The zero-order valence-corrected chi connectivity index (χ0v) is 8.53. The van der Waals surface area contributed by atoms with Crippen molar-refractivity contribution in [1.29, 1.82) is 0 Å². The van der Waals surface area contributed by atoms with Gasteiger partial charge in [0.05, 0.1) is 6.54 Å². The zero-order valence-electron chi connectivity index (χ0n) is 8.53. The maximum absolute atomic E-state index is 11.5. The molecule has 0 amide bonds. The molecule has 2 N–H and O–H groups in total. The number of carbonyl (C=O) groups excluding carboxylic acids is 1. The van der Waals surface area contributed by atoms with E-state index >= 15 is 0 Å². The maximum Gasteiger partial charge on any atom is 0.361 e. The molecule has 0 radical (unpaired) electrons. The first-order valence-electron chi connectivity index (χ1n) is 4.30. The Morgan fingerprint density at radius 2 is 2.29 bits per heavy atom. The number of hydrogen-bond acceptors (Lipinski definition) is 5. The normalized spacial score (nSPS) is 11.4. The molecule has 0 bridgehead atoms. The van der Waals surface area contributed by atoms with Crippen LogP contribution in [0.3, 0.4) is 0 Å². The van der Waals surface area contributed by atoms with Crippen LogP contribution in [0.15, 0.2) is 10.8 Å². The molecule has 0 aliphatic carbocycles. The van der Waals surface area contributed by atoms with Crippen molar-refractivity contribution in [2.75, 3.05) is 0 Å². The van der Waals surface area contributed by atoms with E-state index in [1.54, 1.807) is 20.8 Å². The molecule has 1 aromatic heterocycles. The largest absolute Gasteiger partial charge is 0.455 e. The molecule has 0 saturated heterocycles. The highest BCUT2D eigenvalue weighted by atomic mass is 16.6. The van der Waals surface area contributed by atoms with Gasteiger partial charge in [0, 0.05) is 0 Å². The number of esters is 1. The number of nitrogens with zero attached hydrogens (tertiary/aromatic N) is 1. The van der Waals surface area contributed by atoms with Gasteiger partial charge in [-0.3, -0.25) is 0 Å². The highest BCUT2D eigenvalue weighted by molar-refractivity contribution is 5.88. The van der Waals surface area contributed by atoms with Crippen molar-refractivity contribution in [3.63, 3.8) is 0 Å². The quantitative estimate of drug-likeness (QED) is 0.719. The minimum atomic E-state index is -0.540. The summed E-state index contributed by atoms with van der Waals surface area (Å²) < 4.78 is 10.0. The summed E-state index contributed by atoms with van der Waals surface area (Å²) in [5.41, 5.74) is 4.97. The van der Waals surface area contributed by atoms with E-state index in [0.29, 0.717) is 5.76 Å². The second-order valence-corrected chi connectivity index (χ2v) is 3.83. The van der Waals surface area contributed by atoms with Crippen LogP contribution < -0.4 is 5.73 Å². The van der Waals surface area contributed by atoms with Gasteiger partial charge >= 0.3 is 5.97 Å². The molecule has 1 heterocycles. The van der Waals surface area contributed by atoms with E-state index in [9.17, 15) is 4.79 Å². The third kappa shape index (κ3) is 2.56. The van der Waals surface area contributed by atoms with Crippen molar-refractivity contribution in [3.05, 3.63) is 17.8 Å². The number of oxazole rings is 1. The van der Waals surface area contributed by atoms with Gasteiger partial charge in [0.1, 0.15) is 5.60 Å². The lowest BCUT2D eigenvalue weighted by Crippen LogP contribution is -2.24. The van der Waals surface area contributed by atoms with Gasteiger partial charge < -0.3 is 14.9 Å². The smallest absolute Gasteiger partial charge is 0.361 e. The van der Waals surface area contributed by atoms with Crippen LogP contribution in [0.4, 0.5) is 0 Å². The minimum Gasteiger partial charge on any atom is -0.455 e. The lowest BCUT2D eigenvalue weighted by atomic mass is 10.2. The summed E-state index contributed by atoms with van der Waals surface area (Å²) in [5, 5.41) is 0. The molecule has 0 saturated carbocycles. The molecular weight excluding hydrogens is 184 g/mol. The first-order valence-corrected chi connectivity index (χ1v) is 4.30. The van der Waals surface area contributed by atoms with Crippen LogP contribution in [0.1, 0.15) is 37.0 Å². The van der Waals surface area contributed by atoms with Crippen molar-refractivity contribution in [1.82, 2.24) is 4.98 Å². The van der Waals surface area contributed by atoms with E-state index in [1.165, 1.54) is 6.39 Å². The molecule has 78 valence electrons. The van der Waals surface area contributed by atoms with Crippen LogP contribution in [0.2, 0.25) is 0 Å². The molecule has 0 aliphatic rings. The Labute approximate surface area is 82.2 Å². The highest BCUT2D eigenvalue weighted by Gasteiger charge is 2.22. The van der Waals surface area contributed by atoms with Crippen LogP contribution >= 0.6 is 0 Å². The van der Waals surface area contributed by atoms with Crippen LogP contribution in [-0.4, -0.2) is 16.6 Å². The van der Waals surface area contributed by atoms with Crippen LogP contribution in [0.25, 0.3) is 0 Å². The maximum atomic E-state index is 11.5. The third-order valence-electron chi connectivity index (χ3n) is 1.42.